The Hall–Kier alpha value is -2.10. The van der Waals surface area contributed by atoms with Gasteiger partial charge in [-0.05, 0) is 31.9 Å². The Morgan fingerprint density at radius 2 is 2.05 bits per heavy atom. The number of Topliss-reactive ketones (excluding diaryl/α,β-unsaturated/α-hetero) is 1. The fourth-order valence-electron chi connectivity index (χ4n) is 2.68. The fraction of sp³-hybridized carbons (Fsp3) is 0.333. The van der Waals surface area contributed by atoms with Gasteiger partial charge in [0.2, 0.25) is 0 Å². The first-order valence-corrected chi connectivity index (χ1v) is 6.46. The lowest BCUT2D eigenvalue weighted by molar-refractivity contribution is -0.121. The van der Waals surface area contributed by atoms with E-state index < -0.39 is 0 Å². The topological polar surface area (TPSA) is 52.2 Å². The predicted molar refractivity (Wildman–Crippen MR) is 70.5 cm³/mol. The van der Waals surface area contributed by atoms with Gasteiger partial charge in [0.05, 0.1) is 11.4 Å². The van der Waals surface area contributed by atoms with Crippen molar-refractivity contribution in [3.05, 3.63) is 52.3 Å². The van der Waals surface area contributed by atoms with E-state index in [4.69, 9.17) is 4.42 Å². The van der Waals surface area contributed by atoms with E-state index in [0.29, 0.717) is 18.6 Å². The summed E-state index contributed by atoms with van der Waals surface area (Å²) in [5.74, 6) is 0.462. The minimum atomic E-state index is -0.361. The summed E-state index contributed by atoms with van der Waals surface area (Å²) in [6.45, 7) is 1.60. The van der Waals surface area contributed by atoms with Gasteiger partial charge in [-0.1, -0.05) is 18.2 Å². The second-order valence-corrected chi connectivity index (χ2v) is 4.96. The SMILES string of the molecule is CC(=O)C1CCc2c(oc(=O)n2-c2ccccc2)C1. The smallest absolute Gasteiger partial charge is 0.412 e. The highest BCUT2D eigenvalue weighted by atomic mass is 16.4. The molecule has 0 saturated heterocycles. The number of nitrogens with zero attached hydrogens (tertiary/aromatic N) is 1. The van der Waals surface area contributed by atoms with E-state index in [1.807, 2.05) is 30.3 Å². The van der Waals surface area contributed by atoms with Crippen LogP contribution < -0.4 is 5.76 Å². The maximum absolute atomic E-state index is 12.0. The molecular formula is C15H15NO3. The Morgan fingerprint density at radius 1 is 1.32 bits per heavy atom. The highest BCUT2D eigenvalue weighted by Gasteiger charge is 2.28. The molecule has 1 unspecified atom stereocenters. The lowest BCUT2D eigenvalue weighted by atomic mass is 9.87. The summed E-state index contributed by atoms with van der Waals surface area (Å²) >= 11 is 0. The van der Waals surface area contributed by atoms with Crippen LogP contribution in [-0.4, -0.2) is 10.4 Å². The average molecular weight is 257 g/mol. The third-order valence-electron chi connectivity index (χ3n) is 3.74. The second-order valence-electron chi connectivity index (χ2n) is 4.96. The Bertz CT molecular complexity index is 666. The predicted octanol–water partition coefficient (Wildman–Crippen LogP) is 2.12. The molecule has 1 aromatic carbocycles. The molecule has 1 atom stereocenters. The van der Waals surface area contributed by atoms with Crippen molar-refractivity contribution < 1.29 is 9.21 Å². The number of para-hydroxylation sites is 1. The van der Waals surface area contributed by atoms with Crippen LogP contribution in [0.25, 0.3) is 5.69 Å². The molecule has 0 spiro atoms. The van der Waals surface area contributed by atoms with Crippen molar-refractivity contribution in [1.82, 2.24) is 4.57 Å². The molecule has 1 aliphatic rings. The van der Waals surface area contributed by atoms with Crippen LogP contribution in [0.15, 0.2) is 39.5 Å². The van der Waals surface area contributed by atoms with Crippen LogP contribution in [0.4, 0.5) is 0 Å². The molecule has 4 heteroatoms. The molecule has 19 heavy (non-hydrogen) atoms. The Morgan fingerprint density at radius 3 is 2.74 bits per heavy atom. The van der Waals surface area contributed by atoms with Gasteiger partial charge in [0.15, 0.2) is 0 Å². The van der Waals surface area contributed by atoms with Crippen molar-refractivity contribution >= 4 is 5.78 Å². The number of fused-ring (bicyclic) bond motifs is 1. The number of aromatic nitrogens is 1. The molecule has 0 radical (unpaired) electrons. The largest absolute Gasteiger partial charge is 0.424 e. The molecule has 98 valence electrons. The van der Waals surface area contributed by atoms with Crippen molar-refractivity contribution in [3.63, 3.8) is 0 Å². The van der Waals surface area contributed by atoms with Gasteiger partial charge in [-0.2, -0.15) is 0 Å². The second kappa shape index (κ2) is 4.53. The minimum Gasteiger partial charge on any atom is -0.412 e. The quantitative estimate of drug-likeness (QED) is 0.828. The third kappa shape index (κ3) is 2.03. The molecule has 1 aliphatic carbocycles. The Labute approximate surface area is 110 Å². The van der Waals surface area contributed by atoms with Crippen LogP contribution in [0.5, 0.6) is 0 Å². The zero-order valence-corrected chi connectivity index (χ0v) is 10.8. The van der Waals surface area contributed by atoms with E-state index in [1.165, 1.54) is 0 Å². The van der Waals surface area contributed by atoms with E-state index in [0.717, 1.165) is 17.8 Å². The summed E-state index contributed by atoms with van der Waals surface area (Å²) in [5, 5.41) is 0. The maximum Gasteiger partial charge on any atom is 0.424 e. The minimum absolute atomic E-state index is 0.0118. The van der Waals surface area contributed by atoms with Gasteiger partial charge >= 0.3 is 5.76 Å². The van der Waals surface area contributed by atoms with Crippen molar-refractivity contribution in [1.29, 1.82) is 0 Å². The van der Waals surface area contributed by atoms with Crippen molar-refractivity contribution in [3.8, 4) is 5.69 Å². The fourth-order valence-corrected chi connectivity index (χ4v) is 2.68. The maximum atomic E-state index is 12.0. The first-order valence-electron chi connectivity index (χ1n) is 6.46. The standard InChI is InChI=1S/C15H15NO3/c1-10(17)11-7-8-13-14(9-11)19-15(18)16(13)12-5-3-2-4-6-12/h2-6,11H,7-9H2,1H3. The molecule has 1 heterocycles. The van der Waals surface area contributed by atoms with E-state index in [1.54, 1.807) is 11.5 Å². The van der Waals surface area contributed by atoms with Gasteiger partial charge < -0.3 is 4.42 Å². The van der Waals surface area contributed by atoms with E-state index in [2.05, 4.69) is 0 Å². The van der Waals surface area contributed by atoms with E-state index in [-0.39, 0.29) is 17.5 Å². The summed E-state index contributed by atoms with van der Waals surface area (Å²) in [7, 11) is 0. The number of carbonyl (C=O) groups excluding carboxylic acids is 1. The number of benzene rings is 1. The number of ketones is 1. The molecule has 0 bridgehead atoms. The molecule has 4 nitrogen and oxygen atoms in total. The summed E-state index contributed by atoms with van der Waals surface area (Å²) < 4.78 is 6.94. The molecule has 2 aromatic rings. The highest BCUT2D eigenvalue weighted by Crippen LogP contribution is 2.27. The molecule has 0 N–H and O–H groups in total. The molecule has 3 rings (SSSR count). The zero-order chi connectivity index (χ0) is 13.4. The molecular weight excluding hydrogens is 242 g/mol. The number of carbonyl (C=O) groups is 1. The number of oxazole rings is 1. The molecule has 0 amide bonds. The zero-order valence-electron chi connectivity index (χ0n) is 10.8. The summed E-state index contributed by atoms with van der Waals surface area (Å²) in [5.41, 5.74) is 1.73. The van der Waals surface area contributed by atoms with Gasteiger partial charge in [0.1, 0.15) is 11.5 Å². The number of hydrogen-bond acceptors (Lipinski definition) is 3. The van der Waals surface area contributed by atoms with E-state index in [9.17, 15) is 9.59 Å². The third-order valence-corrected chi connectivity index (χ3v) is 3.74. The molecule has 0 saturated carbocycles. The summed E-state index contributed by atoms with van der Waals surface area (Å²) in [6, 6.07) is 9.46. The lowest BCUT2D eigenvalue weighted by Crippen LogP contribution is -2.22. The van der Waals surface area contributed by atoms with Crippen LogP contribution in [-0.2, 0) is 17.6 Å². The summed E-state index contributed by atoms with van der Waals surface area (Å²) in [6.07, 6.45) is 2.04. The molecule has 1 aromatic heterocycles. The van der Waals surface area contributed by atoms with E-state index >= 15 is 0 Å². The molecule has 0 aliphatic heterocycles. The summed E-state index contributed by atoms with van der Waals surface area (Å²) in [4.78, 5) is 23.4. The van der Waals surface area contributed by atoms with Gasteiger partial charge in [-0.15, -0.1) is 0 Å². The van der Waals surface area contributed by atoms with Gasteiger partial charge in [-0.25, -0.2) is 9.36 Å². The average Bonchev–Trinajstić information content (AvgIpc) is 2.74. The van der Waals surface area contributed by atoms with Crippen molar-refractivity contribution in [2.24, 2.45) is 5.92 Å². The van der Waals surface area contributed by atoms with Crippen LogP contribution >= 0.6 is 0 Å². The monoisotopic (exact) mass is 257 g/mol. The van der Waals surface area contributed by atoms with Gasteiger partial charge in [0, 0.05) is 12.3 Å². The van der Waals surface area contributed by atoms with Crippen LogP contribution in [0.2, 0.25) is 0 Å². The van der Waals surface area contributed by atoms with Crippen LogP contribution in [0.3, 0.4) is 0 Å². The normalized spacial score (nSPS) is 18.1. The van der Waals surface area contributed by atoms with Crippen LogP contribution in [0.1, 0.15) is 24.8 Å². The van der Waals surface area contributed by atoms with Crippen molar-refractivity contribution in [2.45, 2.75) is 26.2 Å². The number of rotatable bonds is 2. The highest BCUT2D eigenvalue weighted by molar-refractivity contribution is 5.78. The van der Waals surface area contributed by atoms with Crippen LogP contribution in [0, 0.1) is 5.92 Å². The Balaban J connectivity index is 2.06. The van der Waals surface area contributed by atoms with Gasteiger partial charge in [-0.3, -0.25) is 4.79 Å². The van der Waals surface area contributed by atoms with Crippen molar-refractivity contribution in [2.75, 3.05) is 0 Å². The Kier molecular flexibility index (Phi) is 2.85. The first kappa shape index (κ1) is 12.0. The lowest BCUT2D eigenvalue weighted by Gasteiger charge is -2.19. The number of hydrogen-bond donors (Lipinski definition) is 0. The molecule has 0 fully saturated rings. The first-order chi connectivity index (χ1) is 9.16. The van der Waals surface area contributed by atoms with Gasteiger partial charge in [0.25, 0.3) is 0 Å².